The summed E-state index contributed by atoms with van der Waals surface area (Å²) < 4.78 is 29.8. The summed E-state index contributed by atoms with van der Waals surface area (Å²) in [6, 6.07) is 1.89. The molecule has 21 heavy (non-hydrogen) atoms. The van der Waals surface area contributed by atoms with Gasteiger partial charge in [-0.25, -0.2) is 4.72 Å². The monoisotopic (exact) mass is 317 g/mol. The average molecular weight is 317 g/mol. The molecule has 0 aliphatic heterocycles. The Kier molecular flexibility index (Phi) is 7.87. The van der Waals surface area contributed by atoms with Crippen molar-refractivity contribution in [3.05, 3.63) is 18.0 Å². The van der Waals surface area contributed by atoms with Crippen molar-refractivity contribution >= 4 is 10.2 Å². The summed E-state index contributed by atoms with van der Waals surface area (Å²) in [7, 11) is 0.0567. The Labute approximate surface area is 127 Å². The van der Waals surface area contributed by atoms with Crippen LogP contribution in [0.15, 0.2) is 12.3 Å². The maximum atomic E-state index is 12.0. The highest BCUT2D eigenvalue weighted by atomic mass is 32.2. The van der Waals surface area contributed by atoms with Gasteiger partial charge in [-0.3, -0.25) is 4.68 Å². The largest absolute Gasteiger partial charge is 0.317 e. The Morgan fingerprint density at radius 3 is 2.71 bits per heavy atom. The fraction of sp³-hybridized carbons (Fsp3) is 0.769. The van der Waals surface area contributed by atoms with Gasteiger partial charge in [0.25, 0.3) is 10.2 Å². The van der Waals surface area contributed by atoms with Crippen molar-refractivity contribution < 1.29 is 8.42 Å². The Hall–Kier alpha value is -0.960. The van der Waals surface area contributed by atoms with E-state index in [0.29, 0.717) is 19.5 Å². The molecule has 0 aliphatic rings. The van der Waals surface area contributed by atoms with Gasteiger partial charge in [-0.2, -0.15) is 17.8 Å². The van der Waals surface area contributed by atoms with Gasteiger partial charge in [0.15, 0.2) is 0 Å². The van der Waals surface area contributed by atoms with Gasteiger partial charge in [0.1, 0.15) is 0 Å². The van der Waals surface area contributed by atoms with E-state index in [1.165, 1.54) is 4.31 Å². The molecule has 0 aromatic carbocycles. The molecule has 0 bridgehead atoms. The minimum atomic E-state index is -3.39. The van der Waals surface area contributed by atoms with E-state index in [9.17, 15) is 8.42 Å². The number of hydrogen-bond donors (Lipinski definition) is 2. The Morgan fingerprint density at radius 2 is 2.10 bits per heavy atom. The minimum Gasteiger partial charge on any atom is -0.317 e. The topological polar surface area (TPSA) is 79.3 Å². The Balaban J connectivity index is 2.26. The zero-order valence-corrected chi connectivity index (χ0v) is 14.0. The smallest absolute Gasteiger partial charge is 0.279 e. The molecule has 1 aromatic rings. The molecule has 0 saturated heterocycles. The van der Waals surface area contributed by atoms with E-state index in [2.05, 4.69) is 22.1 Å². The third-order valence-corrected chi connectivity index (χ3v) is 4.82. The summed E-state index contributed by atoms with van der Waals surface area (Å²) in [4.78, 5) is 0. The van der Waals surface area contributed by atoms with Gasteiger partial charge < -0.3 is 5.32 Å². The second-order valence-corrected chi connectivity index (χ2v) is 6.88. The van der Waals surface area contributed by atoms with Crippen molar-refractivity contribution in [2.24, 2.45) is 7.05 Å². The van der Waals surface area contributed by atoms with Gasteiger partial charge >= 0.3 is 0 Å². The molecule has 0 amide bonds. The van der Waals surface area contributed by atoms with Crippen LogP contribution in [0, 0.1) is 0 Å². The molecule has 122 valence electrons. The molecular formula is C13H27N5O2S. The van der Waals surface area contributed by atoms with Crippen LogP contribution in [0.25, 0.3) is 0 Å². The van der Waals surface area contributed by atoms with Crippen molar-refractivity contribution in [1.82, 2.24) is 24.1 Å². The highest BCUT2D eigenvalue weighted by Crippen LogP contribution is 1.99. The zero-order valence-electron chi connectivity index (χ0n) is 13.2. The molecule has 1 aromatic heterocycles. The van der Waals surface area contributed by atoms with E-state index in [-0.39, 0.29) is 0 Å². The van der Waals surface area contributed by atoms with E-state index in [4.69, 9.17) is 0 Å². The molecule has 0 radical (unpaired) electrons. The molecule has 1 heterocycles. The van der Waals surface area contributed by atoms with Crippen molar-refractivity contribution in [1.29, 1.82) is 0 Å². The van der Waals surface area contributed by atoms with Crippen LogP contribution in [0.1, 0.15) is 25.5 Å². The van der Waals surface area contributed by atoms with Crippen molar-refractivity contribution in [3.63, 3.8) is 0 Å². The summed E-state index contributed by atoms with van der Waals surface area (Å²) in [5.41, 5.74) is 1.00. The highest BCUT2D eigenvalue weighted by molar-refractivity contribution is 7.87. The van der Waals surface area contributed by atoms with E-state index >= 15 is 0 Å². The van der Waals surface area contributed by atoms with Crippen LogP contribution in [0.5, 0.6) is 0 Å². The first kappa shape index (κ1) is 18.1. The third kappa shape index (κ3) is 6.56. The molecule has 0 unspecified atom stereocenters. The molecule has 0 atom stereocenters. The summed E-state index contributed by atoms with van der Waals surface area (Å²) >= 11 is 0. The Bertz CT molecular complexity index is 500. The number of nitrogens with zero attached hydrogens (tertiary/aromatic N) is 3. The lowest BCUT2D eigenvalue weighted by Gasteiger charge is -2.17. The standard InChI is InChI=1S/C13H27N5O2S/c1-4-8-14-9-5-12-17(2)21(19,20)16-11-7-13-6-10-15-18(13)3/h6,10,14,16H,4-5,7-9,11-12H2,1-3H3. The van der Waals surface area contributed by atoms with Crippen LogP contribution >= 0.6 is 0 Å². The maximum Gasteiger partial charge on any atom is 0.279 e. The molecule has 1 rings (SSSR count). The van der Waals surface area contributed by atoms with Crippen LogP contribution < -0.4 is 10.0 Å². The quantitative estimate of drug-likeness (QED) is 0.568. The molecular weight excluding hydrogens is 290 g/mol. The van der Waals surface area contributed by atoms with E-state index in [1.807, 2.05) is 13.1 Å². The van der Waals surface area contributed by atoms with Crippen molar-refractivity contribution in [2.45, 2.75) is 26.2 Å². The van der Waals surface area contributed by atoms with Gasteiger partial charge in [0, 0.05) is 45.5 Å². The molecule has 0 saturated carbocycles. The van der Waals surface area contributed by atoms with Crippen molar-refractivity contribution in [3.8, 4) is 0 Å². The summed E-state index contributed by atoms with van der Waals surface area (Å²) in [6.07, 6.45) is 4.23. The fourth-order valence-electron chi connectivity index (χ4n) is 1.91. The van der Waals surface area contributed by atoms with Gasteiger partial charge in [0.2, 0.25) is 0 Å². The summed E-state index contributed by atoms with van der Waals surface area (Å²) in [5, 5.41) is 7.31. The second kappa shape index (κ2) is 9.14. The molecule has 0 aliphatic carbocycles. The van der Waals surface area contributed by atoms with Crippen LogP contribution in [-0.2, 0) is 23.7 Å². The van der Waals surface area contributed by atoms with Gasteiger partial charge in [-0.15, -0.1) is 0 Å². The number of hydrogen-bond acceptors (Lipinski definition) is 4. The lowest BCUT2D eigenvalue weighted by molar-refractivity contribution is 0.444. The maximum absolute atomic E-state index is 12.0. The van der Waals surface area contributed by atoms with Crippen molar-refractivity contribution in [2.75, 3.05) is 33.2 Å². The molecule has 8 heteroatoms. The van der Waals surface area contributed by atoms with Crippen LogP contribution in [0.2, 0.25) is 0 Å². The number of aryl methyl sites for hydroxylation is 1. The normalized spacial score (nSPS) is 12.2. The SMILES string of the molecule is CCCNCCCN(C)S(=O)(=O)NCCc1ccnn1C. The third-order valence-electron chi connectivity index (χ3n) is 3.25. The lowest BCUT2D eigenvalue weighted by Crippen LogP contribution is -2.40. The second-order valence-electron chi connectivity index (χ2n) is 5.02. The summed E-state index contributed by atoms with van der Waals surface area (Å²) in [6.45, 7) is 4.80. The highest BCUT2D eigenvalue weighted by Gasteiger charge is 2.16. The van der Waals surface area contributed by atoms with Crippen LogP contribution in [0.4, 0.5) is 0 Å². The summed E-state index contributed by atoms with van der Waals surface area (Å²) in [5.74, 6) is 0. The number of rotatable bonds is 11. The van der Waals surface area contributed by atoms with Gasteiger partial charge in [-0.05, 0) is 32.0 Å². The van der Waals surface area contributed by atoms with Gasteiger partial charge in [-0.1, -0.05) is 6.92 Å². The van der Waals surface area contributed by atoms with Gasteiger partial charge in [0.05, 0.1) is 0 Å². The lowest BCUT2D eigenvalue weighted by atomic mass is 10.3. The first-order valence-corrected chi connectivity index (χ1v) is 8.80. The number of nitrogens with one attached hydrogen (secondary N) is 2. The molecule has 0 spiro atoms. The van der Waals surface area contributed by atoms with Crippen LogP contribution in [0.3, 0.4) is 0 Å². The predicted octanol–water partition coefficient (Wildman–Crippen LogP) is 0.119. The minimum absolute atomic E-state index is 0.375. The first-order valence-electron chi connectivity index (χ1n) is 7.36. The molecule has 7 nitrogen and oxygen atoms in total. The Morgan fingerprint density at radius 1 is 1.33 bits per heavy atom. The van der Waals surface area contributed by atoms with E-state index < -0.39 is 10.2 Å². The van der Waals surface area contributed by atoms with Crippen LogP contribution in [-0.4, -0.2) is 55.7 Å². The van der Waals surface area contributed by atoms with E-state index in [0.717, 1.165) is 31.6 Å². The average Bonchev–Trinajstić information content (AvgIpc) is 2.84. The molecule has 2 N–H and O–H groups in total. The fourth-order valence-corrected chi connectivity index (χ4v) is 2.86. The first-order chi connectivity index (χ1) is 9.97. The number of aromatic nitrogens is 2. The zero-order chi connectivity index (χ0) is 15.7. The molecule has 0 fully saturated rings. The predicted molar refractivity (Wildman–Crippen MR) is 84.2 cm³/mol. The van der Waals surface area contributed by atoms with E-state index in [1.54, 1.807) is 17.9 Å².